The Kier molecular flexibility index (Phi) is 7.63. The van der Waals surface area contributed by atoms with E-state index in [1.807, 2.05) is 12.1 Å². The number of hydrogen-bond acceptors (Lipinski definition) is 2. The lowest BCUT2D eigenvalue weighted by atomic mass is 9.87. The fourth-order valence-corrected chi connectivity index (χ4v) is 2.89. The second kappa shape index (κ2) is 8.98. The summed E-state index contributed by atoms with van der Waals surface area (Å²) >= 11 is 0. The van der Waals surface area contributed by atoms with Crippen molar-refractivity contribution in [1.82, 2.24) is 5.32 Å². The average molecular weight is 298 g/mol. The molecule has 1 aromatic rings. The third-order valence-corrected chi connectivity index (χ3v) is 4.02. The molecule has 0 spiro atoms. The average Bonchev–Trinajstić information content (AvgIpc) is 2.45. The van der Waals surface area contributed by atoms with Gasteiger partial charge in [-0.3, -0.25) is 0 Å². The first-order chi connectivity index (χ1) is 9.27. The summed E-state index contributed by atoms with van der Waals surface area (Å²) < 4.78 is 0. The van der Waals surface area contributed by atoms with Crippen molar-refractivity contribution in [1.29, 1.82) is 0 Å². The Morgan fingerprint density at radius 1 is 1.20 bits per heavy atom. The molecular weight excluding hydrogens is 274 g/mol. The van der Waals surface area contributed by atoms with Crippen molar-refractivity contribution in [2.24, 2.45) is 5.92 Å². The van der Waals surface area contributed by atoms with Crippen LogP contribution in [0.3, 0.4) is 0 Å². The van der Waals surface area contributed by atoms with Gasteiger partial charge in [-0.05, 0) is 30.5 Å². The zero-order chi connectivity index (χ0) is 13.5. The molecule has 1 saturated carbocycles. The molecule has 1 aromatic carbocycles. The van der Waals surface area contributed by atoms with Crippen LogP contribution in [0.4, 0.5) is 0 Å². The number of aromatic carboxylic acids is 1. The smallest absolute Gasteiger partial charge is 0.336 e. The molecule has 1 aliphatic carbocycles. The van der Waals surface area contributed by atoms with Gasteiger partial charge in [-0.15, -0.1) is 12.4 Å². The standard InChI is InChI=1S/C16H23NO2.ClH/c18-16(19)15-9-5-4-8-14(15)12-17-11-10-13-6-2-1-3-7-13;/h4-5,8-9,13,17H,1-3,6-7,10-12H2,(H,18,19);1H. The number of carbonyl (C=O) groups is 1. The lowest BCUT2D eigenvalue weighted by molar-refractivity contribution is 0.0695. The highest BCUT2D eigenvalue weighted by Gasteiger charge is 2.13. The minimum Gasteiger partial charge on any atom is -0.478 e. The van der Waals surface area contributed by atoms with Crippen LogP contribution in [0.25, 0.3) is 0 Å². The van der Waals surface area contributed by atoms with Gasteiger partial charge < -0.3 is 10.4 Å². The van der Waals surface area contributed by atoms with Crippen molar-refractivity contribution in [2.75, 3.05) is 6.54 Å². The second-order valence-corrected chi connectivity index (χ2v) is 5.43. The van der Waals surface area contributed by atoms with Crippen molar-refractivity contribution >= 4 is 18.4 Å². The zero-order valence-electron chi connectivity index (χ0n) is 11.8. The summed E-state index contributed by atoms with van der Waals surface area (Å²) in [5.41, 5.74) is 1.28. The molecule has 112 valence electrons. The van der Waals surface area contributed by atoms with Gasteiger partial charge in [0.2, 0.25) is 0 Å². The Bertz CT molecular complexity index is 417. The monoisotopic (exact) mass is 297 g/mol. The molecule has 0 atom stereocenters. The Labute approximate surface area is 127 Å². The molecule has 20 heavy (non-hydrogen) atoms. The van der Waals surface area contributed by atoms with Crippen molar-refractivity contribution in [3.8, 4) is 0 Å². The zero-order valence-corrected chi connectivity index (χ0v) is 12.6. The van der Waals surface area contributed by atoms with Gasteiger partial charge in [-0.2, -0.15) is 0 Å². The Morgan fingerprint density at radius 3 is 2.60 bits per heavy atom. The summed E-state index contributed by atoms with van der Waals surface area (Å²) in [7, 11) is 0. The molecule has 0 bridgehead atoms. The molecule has 0 unspecified atom stereocenters. The Morgan fingerprint density at radius 2 is 1.90 bits per heavy atom. The molecular formula is C16H24ClNO2. The third kappa shape index (κ3) is 5.14. The summed E-state index contributed by atoms with van der Waals surface area (Å²) in [4.78, 5) is 11.1. The van der Waals surface area contributed by atoms with Crippen molar-refractivity contribution in [3.63, 3.8) is 0 Å². The molecule has 0 heterocycles. The number of carboxylic acid groups (broad SMARTS) is 1. The molecule has 0 saturated heterocycles. The molecule has 1 aliphatic rings. The van der Waals surface area contributed by atoms with E-state index in [9.17, 15) is 4.79 Å². The number of benzene rings is 1. The first-order valence-corrected chi connectivity index (χ1v) is 7.29. The SMILES string of the molecule is Cl.O=C(O)c1ccccc1CNCCC1CCCCC1. The Balaban J connectivity index is 0.00000200. The molecule has 3 nitrogen and oxygen atoms in total. The van der Waals surface area contributed by atoms with Crippen molar-refractivity contribution in [2.45, 2.75) is 45.1 Å². The van der Waals surface area contributed by atoms with Crippen molar-refractivity contribution in [3.05, 3.63) is 35.4 Å². The van der Waals surface area contributed by atoms with Gasteiger partial charge in [0.05, 0.1) is 5.56 Å². The van der Waals surface area contributed by atoms with E-state index in [0.717, 1.165) is 18.0 Å². The summed E-state index contributed by atoms with van der Waals surface area (Å²) in [5, 5.41) is 12.5. The van der Waals surface area contributed by atoms with E-state index in [-0.39, 0.29) is 12.4 Å². The molecule has 1 fully saturated rings. The van der Waals surface area contributed by atoms with Gasteiger partial charge in [0.25, 0.3) is 0 Å². The lowest BCUT2D eigenvalue weighted by Crippen LogP contribution is -2.20. The van der Waals surface area contributed by atoms with Gasteiger partial charge in [0.15, 0.2) is 0 Å². The first kappa shape index (κ1) is 17.0. The molecule has 2 N–H and O–H groups in total. The van der Waals surface area contributed by atoms with E-state index in [1.165, 1.54) is 38.5 Å². The van der Waals surface area contributed by atoms with Crippen LogP contribution in [0.5, 0.6) is 0 Å². The fraction of sp³-hybridized carbons (Fsp3) is 0.562. The second-order valence-electron chi connectivity index (χ2n) is 5.43. The fourth-order valence-electron chi connectivity index (χ4n) is 2.89. The Hall–Kier alpha value is -1.06. The summed E-state index contributed by atoms with van der Waals surface area (Å²) in [6.45, 7) is 1.63. The van der Waals surface area contributed by atoms with Gasteiger partial charge in [0.1, 0.15) is 0 Å². The molecule has 0 radical (unpaired) electrons. The summed E-state index contributed by atoms with van der Waals surface area (Å²) in [6, 6.07) is 7.22. The van der Waals surface area contributed by atoms with E-state index < -0.39 is 5.97 Å². The van der Waals surface area contributed by atoms with E-state index in [4.69, 9.17) is 5.11 Å². The van der Waals surface area contributed by atoms with Gasteiger partial charge in [-0.1, -0.05) is 50.3 Å². The number of carboxylic acids is 1. The summed E-state index contributed by atoms with van der Waals surface area (Å²) in [6.07, 6.45) is 8.12. The highest BCUT2D eigenvalue weighted by molar-refractivity contribution is 5.89. The quantitative estimate of drug-likeness (QED) is 0.784. The minimum absolute atomic E-state index is 0. The van der Waals surface area contributed by atoms with Crippen LogP contribution < -0.4 is 5.32 Å². The third-order valence-electron chi connectivity index (χ3n) is 4.02. The van der Waals surface area contributed by atoms with E-state index >= 15 is 0 Å². The lowest BCUT2D eigenvalue weighted by Gasteiger charge is -2.21. The van der Waals surface area contributed by atoms with E-state index in [0.29, 0.717) is 12.1 Å². The highest BCUT2D eigenvalue weighted by atomic mass is 35.5. The maximum Gasteiger partial charge on any atom is 0.336 e. The van der Waals surface area contributed by atoms with E-state index in [1.54, 1.807) is 12.1 Å². The molecule has 4 heteroatoms. The van der Waals surface area contributed by atoms with E-state index in [2.05, 4.69) is 5.32 Å². The topological polar surface area (TPSA) is 49.3 Å². The number of hydrogen-bond donors (Lipinski definition) is 2. The predicted octanol–water partition coefficient (Wildman–Crippen LogP) is 3.87. The van der Waals surface area contributed by atoms with Crippen LogP contribution in [0.2, 0.25) is 0 Å². The van der Waals surface area contributed by atoms with Crippen LogP contribution >= 0.6 is 12.4 Å². The molecule has 0 aromatic heterocycles. The van der Waals surface area contributed by atoms with Gasteiger partial charge in [0, 0.05) is 6.54 Å². The van der Waals surface area contributed by atoms with Crippen LogP contribution in [0.1, 0.15) is 54.4 Å². The molecule has 2 rings (SSSR count). The first-order valence-electron chi connectivity index (χ1n) is 7.29. The van der Waals surface area contributed by atoms with Gasteiger partial charge >= 0.3 is 5.97 Å². The minimum atomic E-state index is -0.843. The van der Waals surface area contributed by atoms with Crippen LogP contribution in [0, 0.1) is 5.92 Å². The van der Waals surface area contributed by atoms with Crippen LogP contribution in [-0.4, -0.2) is 17.6 Å². The number of rotatable bonds is 6. The van der Waals surface area contributed by atoms with Crippen LogP contribution in [0.15, 0.2) is 24.3 Å². The largest absolute Gasteiger partial charge is 0.478 e. The maximum absolute atomic E-state index is 11.1. The summed E-state index contributed by atoms with van der Waals surface area (Å²) in [5.74, 6) is 0.0284. The highest BCUT2D eigenvalue weighted by Crippen LogP contribution is 2.25. The molecule has 0 aliphatic heterocycles. The number of halogens is 1. The van der Waals surface area contributed by atoms with Gasteiger partial charge in [-0.25, -0.2) is 4.79 Å². The predicted molar refractivity (Wildman–Crippen MR) is 83.5 cm³/mol. The normalized spacial score (nSPS) is 15.6. The maximum atomic E-state index is 11.1. The molecule has 0 amide bonds. The van der Waals surface area contributed by atoms with Crippen LogP contribution in [-0.2, 0) is 6.54 Å². The van der Waals surface area contributed by atoms with Crippen molar-refractivity contribution < 1.29 is 9.90 Å². The number of nitrogens with one attached hydrogen (secondary N) is 1.